The van der Waals surface area contributed by atoms with Crippen LogP contribution in [0, 0.1) is 18.8 Å². The normalized spacial score (nSPS) is 17.1. The van der Waals surface area contributed by atoms with E-state index in [4.69, 9.17) is 5.73 Å². The number of aryl methyl sites for hydroxylation is 1. The minimum Gasteiger partial charge on any atom is -0.480 e. The summed E-state index contributed by atoms with van der Waals surface area (Å²) in [5.41, 5.74) is 5.98. The summed E-state index contributed by atoms with van der Waals surface area (Å²) in [5, 5.41) is 11.7. The molecule has 0 aliphatic carbocycles. The number of carboxylic acid groups (broad SMARTS) is 1. The van der Waals surface area contributed by atoms with Gasteiger partial charge < -0.3 is 21.1 Å². The number of carbonyl (C=O) groups excluding carboxylic acids is 3. The largest absolute Gasteiger partial charge is 0.480 e. The first-order valence-electron chi connectivity index (χ1n) is 12.0. The maximum absolute atomic E-state index is 13.3. The van der Waals surface area contributed by atoms with Gasteiger partial charge in [0, 0.05) is 25.4 Å². The minimum atomic E-state index is -3.92. The number of aliphatic carboxylic acids is 1. The lowest BCUT2D eigenvalue weighted by Crippen LogP contribution is -2.54. The molecule has 0 unspecified atom stereocenters. The van der Waals surface area contributed by atoms with E-state index in [0.29, 0.717) is 19.3 Å². The number of hydrogen-bond acceptors (Lipinski definition) is 6. The van der Waals surface area contributed by atoms with Crippen LogP contribution in [0.2, 0.25) is 0 Å². The molecule has 5 N–H and O–H groups in total. The molecule has 1 aliphatic rings. The molecule has 0 saturated carbocycles. The van der Waals surface area contributed by atoms with E-state index in [2.05, 4.69) is 10.0 Å². The van der Waals surface area contributed by atoms with Crippen LogP contribution in [-0.4, -0.2) is 67.3 Å². The number of nitrogens with one attached hydrogen (secondary N) is 2. The molecular weight excluding hydrogens is 488 g/mol. The summed E-state index contributed by atoms with van der Waals surface area (Å²) in [6.45, 7) is 5.99. The van der Waals surface area contributed by atoms with Crippen LogP contribution in [0.3, 0.4) is 0 Å². The van der Waals surface area contributed by atoms with Crippen molar-refractivity contribution in [3.8, 4) is 0 Å². The first-order chi connectivity index (χ1) is 16.9. The van der Waals surface area contributed by atoms with Crippen molar-refractivity contribution in [1.82, 2.24) is 14.9 Å². The zero-order chi connectivity index (χ0) is 27.0. The fourth-order valence-electron chi connectivity index (χ4n) is 3.99. The van der Waals surface area contributed by atoms with Gasteiger partial charge in [-0.3, -0.25) is 14.4 Å². The molecule has 1 saturated heterocycles. The van der Waals surface area contributed by atoms with Crippen LogP contribution >= 0.6 is 0 Å². The van der Waals surface area contributed by atoms with Gasteiger partial charge in [0.05, 0.1) is 4.90 Å². The van der Waals surface area contributed by atoms with E-state index in [-0.39, 0.29) is 42.7 Å². The topological polar surface area (TPSA) is 176 Å². The third-order valence-corrected chi connectivity index (χ3v) is 8.02. The summed E-state index contributed by atoms with van der Waals surface area (Å²) in [6, 6.07) is 4.18. The van der Waals surface area contributed by atoms with Crippen molar-refractivity contribution in [3.63, 3.8) is 0 Å². The Morgan fingerprint density at radius 1 is 1.14 bits per heavy atom. The number of hydrogen-bond donors (Lipinski definition) is 4. The highest BCUT2D eigenvalue weighted by molar-refractivity contribution is 7.89. The zero-order valence-electron chi connectivity index (χ0n) is 20.9. The zero-order valence-corrected chi connectivity index (χ0v) is 21.7. The van der Waals surface area contributed by atoms with Crippen LogP contribution in [0.15, 0.2) is 29.2 Å². The monoisotopic (exact) mass is 524 g/mol. The lowest BCUT2D eigenvalue weighted by Gasteiger charge is -2.35. The van der Waals surface area contributed by atoms with Crippen molar-refractivity contribution in [2.75, 3.05) is 13.1 Å². The lowest BCUT2D eigenvalue weighted by molar-refractivity contribution is -0.143. The Bertz CT molecular complexity index is 1050. The molecule has 0 radical (unpaired) electrons. The van der Waals surface area contributed by atoms with Crippen LogP contribution in [0.25, 0.3) is 0 Å². The van der Waals surface area contributed by atoms with Crippen molar-refractivity contribution in [2.45, 2.75) is 69.9 Å². The minimum absolute atomic E-state index is 0.0777. The van der Waals surface area contributed by atoms with Gasteiger partial charge in [-0.1, -0.05) is 38.0 Å². The van der Waals surface area contributed by atoms with E-state index < -0.39 is 45.8 Å². The number of likely N-dealkylation sites (tertiary alicyclic amines) is 1. The van der Waals surface area contributed by atoms with Crippen LogP contribution < -0.4 is 15.8 Å². The number of amides is 3. The number of nitrogens with two attached hydrogens (primary N) is 1. The van der Waals surface area contributed by atoms with E-state index in [1.807, 2.05) is 13.8 Å². The van der Waals surface area contributed by atoms with Crippen molar-refractivity contribution in [1.29, 1.82) is 0 Å². The number of carboxylic acids is 1. The van der Waals surface area contributed by atoms with E-state index in [9.17, 15) is 32.7 Å². The summed E-state index contributed by atoms with van der Waals surface area (Å²) in [4.78, 5) is 49.9. The molecular formula is C24H36N4O7S. The molecule has 1 aromatic rings. The average Bonchev–Trinajstić information content (AvgIpc) is 2.84. The summed E-state index contributed by atoms with van der Waals surface area (Å²) in [7, 11) is -3.92. The van der Waals surface area contributed by atoms with Crippen LogP contribution in [0.1, 0.15) is 51.5 Å². The standard InChI is InChI=1S/C24H36N4O7S/c1-4-16(3)21(27-36(34,35)18-7-5-15(2)6-8-18)23(31)28-13-11-17(12-14-28)22(30)26-19(24(32)33)9-10-20(25)29/h5-8,16-17,19,21,27H,4,9-14H2,1-3H3,(H2,25,29)(H,26,30)(H,32,33)/t16-,19-,21-/m0/s1. The van der Waals surface area contributed by atoms with Gasteiger partial charge in [-0.2, -0.15) is 4.72 Å². The third-order valence-electron chi connectivity index (χ3n) is 6.56. The molecule has 12 heteroatoms. The van der Waals surface area contributed by atoms with E-state index in [1.54, 1.807) is 24.0 Å². The summed E-state index contributed by atoms with van der Waals surface area (Å²) < 4.78 is 28.5. The predicted molar refractivity (Wildman–Crippen MR) is 132 cm³/mol. The van der Waals surface area contributed by atoms with Crippen molar-refractivity contribution in [3.05, 3.63) is 29.8 Å². The Kier molecular flexibility index (Phi) is 10.4. The smallest absolute Gasteiger partial charge is 0.326 e. The summed E-state index contributed by atoms with van der Waals surface area (Å²) >= 11 is 0. The first kappa shape index (κ1) is 29.2. The molecule has 1 heterocycles. The second-order valence-electron chi connectivity index (χ2n) is 9.30. The van der Waals surface area contributed by atoms with E-state index in [1.165, 1.54) is 12.1 Å². The van der Waals surface area contributed by atoms with Gasteiger partial charge in [-0.25, -0.2) is 13.2 Å². The van der Waals surface area contributed by atoms with Gasteiger partial charge in [-0.15, -0.1) is 0 Å². The Morgan fingerprint density at radius 3 is 2.22 bits per heavy atom. The molecule has 2 rings (SSSR count). The third kappa shape index (κ3) is 8.02. The highest BCUT2D eigenvalue weighted by Crippen LogP contribution is 2.22. The molecule has 1 aromatic carbocycles. The average molecular weight is 525 g/mol. The molecule has 3 amide bonds. The van der Waals surface area contributed by atoms with Gasteiger partial charge in [0.15, 0.2) is 0 Å². The number of benzene rings is 1. The van der Waals surface area contributed by atoms with Crippen molar-refractivity contribution in [2.24, 2.45) is 17.6 Å². The SMILES string of the molecule is CC[C@H](C)[C@H](NS(=O)(=O)c1ccc(C)cc1)C(=O)N1CCC(C(=O)N[C@@H](CCC(N)=O)C(=O)O)CC1. The van der Waals surface area contributed by atoms with E-state index in [0.717, 1.165) is 5.56 Å². The van der Waals surface area contributed by atoms with Crippen LogP contribution in [-0.2, 0) is 29.2 Å². The molecule has 11 nitrogen and oxygen atoms in total. The number of sulfonamides is 1. The van der Waals surface area contributed by atoms with Crippen molar-refractivity contribution < 1.29 is 32.7 Å². The molecule has 0 bridgehead atoms. The fraction of sp³-hybridized carbons (Fsp3) is 0.583. The fourth-order valence-corrected chi connectivity index (χ4v) is 5.29. The molecule has 1 fully saturated rings. The number of nitrogens with zero attached hydrogens (tertiary/aromatic N) is 1. The van der Waals surface area contributed by atoms with Crippen molar-refractivity contribution >= 4 is 33.7 Å². The molecule has 0 aromatic heterocycles. The van der Waals surface area contributed by atoms with Gasteiger partial charge in [0.25, 0.3) is 0 Å². The second kappa shape index (κ2) is 12.8. The molecule has 200 valence electrons. The highest BCUT2D eigenvalue weighted by atomic mass is 32.2. The number of rotatable bonds is 12. The Morgan fingerprint density at radius 2 is 1.72 bits per heavy atom. The second-order valence-corrected chi connectivity index (χ2v) is 11.0. The number of primary amides is 1. The number of carbonyl (C=O) groups is 4. The highest BCUT2D eigenvalue weighted by Gasteiger charge is 2.36. The van der Waals surface area contributed by atoms with Crippen LogP contribution in [0.4, 0.5) is 0 Å². The van der Waals surface area contributed by atoms with Crippen LogP contribution in [0.5, 0.6) is 0 Å². The van der Waals surface area contributed by atoms with Gasteiger partial charge in [0.1, 0.15) is 12.1 Å². The summed E-state index contributed by atoms with van der Waals surface area (Å²) in [6.07, 6.45) is 0.911. The van der Waals surface area contributed by atoms with Gasteiger partial charge in [0.2, 0.25) is 27.7 Å². The lowest BCUT2D eigenvalue weighted by atomic mass is 9.93. The van der Waals surface area contributed by atoms with E-state index >= 15 is 0 Å². The Labute approximate surface area is 211 Å². The Balaban J connectivity index is 2.03. The maximum atomic E-state index is 13.3. The van der Waals surface area contributed by atoms with Gasteiger partial charge >= 0.3 is 5.97 Å². The predicted octanol–water partition coefficient (Wildman–Crippen LogP) is 0.762. The molecule has 1 aliphatic heterocycles. The molecule has 0 spiro atoms. The molecule has 36 heavy (non-hydrogen) atoms. The van der Waals surface area contributed by atoms with Gasteiger partial charge in [-0.05, 0) is 44.2 Å². The Hall–Kier alpha value is -2.99. The first-order valence-corrected chi connectivity index (χ1v) is 13.5. The number of piperidine rings is 1. The maximum Gasteiger partial charge on any atom is 0.326 e. The molecule has 3 atom stereocenters. The quantitative estimate of drug-likeness (QED) is 0.312. The summed E-state index contributed by atoms with van der Waals surface area (Å²) in [5.74, 6) is -3.50.